The van der Waals surface area contributed by atoms with E-state index in [0.717, 1.165) is 0 Å². The summed E-state index contributed by atoms with van der Waals surface area (Å²) < 4.78 is 0. The quantitative estimate of drug-likeness (QED) is 0.157. The van der Waals surface area contributed by atoms with Crippen molar-refractivity contribution in [1.29, 1.82) is 0 Å². The van der Waals surface area contributed by atoms with Crippen LogP contribution >= 0.6 is 0 Å². The average Bonchev–Trinajstić information content (AvgIpc) is 2.96. The van der Waals surface area contributed by atoms with Crippen molar-refractivity contribution >= 4 is 51.2 Å². The maximum atomic E-state index is 10.4. The van der Waals surface area contributed by atoms with Gasteiger partial charge in [0, 0.05) is 22.4 Å². The maximum absolute atomic E-state index is 10.4. The van der Waals surface area contributed by atoms with Gasteiger partial charge in [0.2, 0.25) is 0 Å². The number of non-ortho nitro benzene ring substituents is 3. The molecule has 3 aromatic rings. The van der Waals surface area contributed by atoms with Crippen molar-refractivity contribution in [3.05, 3.63) is 127 Å². The normalized spacial score (nSPS) is 9.55. The first-order valence-electron chi connectivity index (χ1n) is 10.9. The molecule has 0 unspecified atom stereocenters. The molecule has 0 fully saturated rings. The topological polar surface area (TPSA) is 449 Å². The fourth-order valence-electron chi connectivity index (χ4n) is 2.92. The van der Waals surface area contributed by atoms with E-state index in [0.29, 0.717) is 36.4 Å². The molecule has 1 radical (unpaired) electrons. The number of aromatic hydroxyl groups is 3. The summed E-state index contributed by atoms with van der Waals surface area (Å²) in [6, 6.07) is 2.68. The van der Waals surface area contributed by atoms with Crippen LogP contribution in [0.4, 0.5) is 51.2 Å². The van der Waals surface area contributed by atoms with Crippen LogP contribution in [-0.4, -0.2) is 59.6 Å². The van der Waals surface area contributed by atoms with Gasteiger partial charge in [0.15, 0.2) is 0 Å². The van der Waals surface area contributed by atoms with E-state index in [9.17, 15) is 91.0 Å². The Balaban J connectivity index is 0.000000698. The molecule has 0 aromatic heterocycles. The Morgan fingerprint density at radius 2 is 0.429 bits per heavy atom. The van der Waals surface area contributed by atoms with Crippen LogP contribution in [0.5, 0.6) is 17.2 Å². The molecule has 30 nitrogen and oxygen atoms in total. The number of phenolic OH excluding ortho intramolecular Hbond substituents is 3. The molecule has 3 N–H and O–H groups in total. The molecule has 0 saturated carbocycles. The number of hydrogen-bond acceptors (Lipinski definition) is 21. The monoisotopic (exact) mass is 884 g/mol. The Labute approximate surface area is 277 Å². The van der Waals surface area contributed by atoms with E-state index >= 15 is 0 Å². The number of benzene rings is 3. The van der Waals surface area contributed by atoms with Crippen molar-refractivity contribution in [2.45, 2.75) is 0 Å². The molecule has 49 heavy (non-hydrogen) atoms. The molecule has 263 valence electrons. The molecular weight excluding hydrogens is 875 g/mol. The summed E-state index contributed by atoms with van der Waals surface area (Å²) in [5.74, 6) is -3.62. The second-order valence-corrected chi connectivity index (χ2v) is 7.81. The Morgan fingerprint density at radius 1 is 0.306 bits per heavy atom. The minimum absolute atomic E-state index is 0. The predicted molar refractivity (Wildman–Crippen MR) is 144 cm³/mol. The molecule has 3 aromatic carbocycles. The minimum Gasteiger partial charge on any atom is -0.497 e. The van der Waals surface area contributed by atoms with Gasteiger partial charge in [-0.2, -0.15) is 0 Å². The van der Waals surface area contributed by atoms with Crippen LogP contribution < -0.4 is 0 Å². The van der Waals surface area contributed by atoms with Gasteiger partial charge in [0.05, 0.1) is 80.7 Å². The van der Waals surface area contributed by atoms with Gasteiger partial charge < -0.3 is 15.3 Å². The molecule has 0 amide bonds. The maximum Gasteiger partial charge on any atom is 0.324 e. The van der Waals surface area contributed by atoms with Gasteiger partial charge in [-0.15, -0.1) is 0 Å². The van der Waals surface area contributed by atoms with E-state index in [1.165, 1.54) is 0 Å². The van der Waals surface area contributed by atoms with Gasteiger partial charge in [0.25, 0.3) is 34.3 Å². The van der Waals surface area contributed by atoms with Gasteiger partial charge in [-0.1, -0.05) is 0 Å². The summed E-state index contributed by atoms with van der Waals surface area (Å²) >= 11 is 0. The zero-order valence-corrected chi connectivity index (χ0v) is 24.6. The summed E-state index contributed by atoms with van der Waals surface area (Å²) in [4.78, 5) is 83.3. The minimum atomic E-state index is -1.21. The van der Waals surface area contributed by atoms with Crippen LogP contribution in [-0.2, 0) is 22.4 Å². The van der Waals surface area contributed by atoms with E-state index < -0.39 is 113 Å². The van der Waals surface area contributed by atoms with Crippen LogP contribution in [0.25, 0.3) is 0 Å². The fourth-order valence-corrected chi connectivity index (χ4v) is 2.92. The summed E-state index contributed by atoms with van der Waals surface area (Å²) in [5, 5.41) is 121. The van der Waals surface area contributed by atoms with E-state index in [1.54, 1.807) is 0 Å². The molecule has 0 heterocycles. The Kier molecular flexibility index (Phi) is 14.1. The third-order valence-electron chi connectivity index (χ3n) is 4.98. The van der Waals surface area contributed by atoms with Crippen molar-refractivity contribution in [3.8, 4) is 17.2 Å². The van der Waals surface area contributed by atoms with Crippen LogP contribution in [0.15, 0.2) is 36.4 Å². The van der Waals surface area contributed by atoms with Gasteiger partial charge in [-0.3, -0.25) is 91.0 Å². The first-order chi connectivity index (χ1) is 22.0. The second-order valence-electron chi connectivity index (χ2n) is 7.81. The standard InChI is InChI=1S/3C6H3N3O7.Au/c3*10-6-4(8(13)14)1-3(7(11)12)2-5(6)9(15)16;/h3*1-2,10H;. The van der Waals surface area contributed by atoms with Gasteiger partial charge >= 0.3 is 34.1 Å². The van der Waals surface area contributed by atoms with Crippen LogP contribution in [0.1, 0.15) is 0 Å². The number of nitro groups is 9. The van der Waals surface area contributed by atoms with Crippen molar-refractivity contribution in [1.82, 2.24) is 0 Å². The predicted octanol–water partition coefficient (Wildman–Crippen LogP) is 3.35. The molecule has 0 aliphatic heterocycles. The molecular formula is C18H9AuN9O21. The van der Waals surface area contributed by atoms with Crippen LogP contribution in [0.2, 0.25) is 0 Å². The summed E-state index contributed by atoms with van der Waals surface area (Å²) in [6.07, 6.45) is 0. The van der Waals surface area contributed by atoms with E-state index in [-0.39, 0.29) is 22.4 Å². The zero-order valence-electron chi connectivity index (χ0n) is 22.5. The van der Waals surface area contributed by atoms with Gasteiger partial charge in [0.1, 0.15) is 0 Å². The zero-order chi connectivity index (χ0) is 37.4. The summed E-state index contributed by atoms with van der Waals surface area (Å²) in [5.41, 5.74) is -9.01. The van der Waals surface area contributed by atoms with Gasteiger partial charge in [-0.25, -0.2) is 0 Å². The van der Waals surface area contributed by atoms with Crippen LogP contribution in [0, 0.1) is 91.0 Å². The van der Waals surface area contributed by atoms with Crippen molar-refractivity contribution in [2.75, 3.05) is 0 Å². The fraction of sp³-hybridized carbons (Fsp3) is 0. The molecule has 0 aliphatic rings. The third-order valence-corrected chi connectivity index (χ3v) is 4.98. The Bertz CT molecular complexity index is 1610. The molecule has 0 spiro atoms. The molecule has 0 bridgehead atoms. The Hall–Kier alpha value is -7.60. The second kappa shape index (κ2) is 16.6. The average molecular weight is 884 g/mol. The molecule has 0 aliphatic carbocycles. The summed E-state index contributed by atoms with van der Waals surface area (Å²) in [6.45, 7) is 0. The van der Waals surface area contributed by atoms with Gasteiger partial charge in [-0.05, 0) is 0 Å². The van der Waals surface area contributed by atoms with Crippen molar-refractivity contribution in [3.63, 3.8) is 0 Å². The number of phenols is 3. The number of nitrogens with zero attached hydrogens (tertiary/aromatic N) is 9. The number of rotatable bonds is 9. The number of hydrogen-bond donors (Lipinski definition) is 3. The van der Waals surface area contributed by atoms with Crippen molar-refractivity contribution < 1.29 is 82.0 Å². The van der Waals surface area contributed by atoms with Crippen LogP contribution in [0.3, 0.4) is 0 Å². The molecule has 0 saturated heterocycles. The van der Waals surface area contributed by atoms with E-state index in [1.807, 2.05) is 0 Å². The molecule has 31 heteroatoms. The molecule has 0 atom stereocenters. The first-order valence-corrected chi connectivity index (χ1v) is 10.9. The summed E-state index contributed by atoms with van der Waals surface area (Å²) in [7, 11) is 0. The third kappa shape index (κ3) is 10.2. The smallest absolute Gasteiger partial charge is 0.324 e. The number of nitro benzene ring substituents is 9. The first kappa shape index (κ1) is 41.4. The SMILES string of the molecule is O=[N+]([O-])c1cc([N+](=O)[O-])c(O)c([N+](=O)[O-])c1.O=[N+]([O-])c1cc([N+](=O)[O-])c(O)c([N+](=O)[O-])c1.O=[N+]([O-])c1cc([N+](=O)[O-])c(O)c([N+](=O)[O-])c1.[Au]. The van der Waals surface area contributed by atoms with Crippen molar-refractivity contribution in [2.24, 2.45) is 0 Å². The Morgan fingerprint density at radius 3 is 0.510 bits per heavy atom. The van der Waals surface area contributed by atoms with E-state index in [2.05, 4.69) is 0 Å². The largest absolute Gasteiger partial charge is 0.497 e. The molecule has 3 rings (SSSR count). The van der Waals surface area contributed by atoms with E-state index in [4.69, 9.17) is 15.3 Å².